The monoisotopic (exact) mass is 248 g/mol. The number of rotatable bonds is 3. The second-order valence-electron chi connectivity index (χ2n) is 3.75. The van der Waals surface area contributed by atoms with Crippen LogP contribution in [0.15, 0.2) is 30.6 Å². The molecule has 0 fully saturated rings. The first-order chi connectivity index (χ1) is 8.58. The van der Waals surface area contributed by atoms with Gasteiger partial charge < -0.3 is 11.5 Å². The minimum Gasteiger partial charge on any atom is -0.393 e. The van der Waals surface area contributed by atoms with Crippen LogP contribution >= 0.6 is 0 Å². The topological polar surface area (TPSA) is 107 Å². The van der Waals surface area contributed by atoms with Crippen LogP contribution in [-0.2, 0) is 6.54 Å². The summed E-state index contributed by atoms with van der Waals surface area (Å²) in [6, 6.07) is 5.99. The Kier molecular flexibility index (Phi) is 3.24. The van der Waals surface area contributed by atoms with Crippen molar-refractivity contribution in [3.63, 3.8) is 0 Å². The lowest BCUT2D eigenvalue weighted by atomic mass is 10.2. The predicted octanol–water partition coefficient (Wildman–Crippen LogP) is 0.660. The van der Waals surface area contributed by atoms with E-state index >= 15 is 0 Å². The zero-order chi connectivity index (χ0) is 13.1. The lowest BCUT2D eigenvalue weighted by Gasteiger charge is -2.19. The molecule has 0 aliphatic heterocycles. The fourth-order valence-corrected chi connectivity index (χ4v) is 1.49. The molecule has 6 N–H and O–H groups in total. The molecule has 18 heavy (non-hydrogen) atoms. The maximum atomic E-state index is 12.8. The zero-order valence-electron chi connectivity index (χ0n) is 9.55. The van der Waals surface area contributed by atoms with Crippen LogP contribution in [0, 0.1) is 5.82 Å². The number of nitrogens with zero attached hydrogens (tertiary/aromatic N) is 3. The summed E-state index contributed by atoms with van der Waals surface area (Å²) in [5.74, 6) is 6.07. The molecular formula is C11H13FN6. The van der Waals surface area contributed by atoms with E-state index in [9.17, 15) is 4.39 Å². The number of nitrogen functional groups attached to an aromatic ring is 2. The average molecular weight is 248 g/mol. The lowest BCUT2D eigenvalue weighted by molar-refractivity contribution is 0.626. The van der Waals surface area contributed by atoms with Crippen molar-refractivity contribution in [2.24, 2.45) is 5.84 Å². The highest BCUT2D eigenvalue weighted by Crippen LogP contribution is 2.22. The van der Waals surface area contributed by atoms with Crippen LogP contribution in [0.2, 0.25) is 0 Å². The summed E-state index contributed by atoms with van der Waals surface area (Å²) in [5, 5.41) is 1.33. The van der Waals surface area contributed by atoms with E-state index in [1.54, 1.807) is 12.1 Å². The van der Waals surface area contributed by atoms with Gasteiger partial charge in [0.1, 0.15) is 17.8 Å². The maximum Gasteiger partial charge on any atom is 0.171 e. The van der Waals surface area contributed by atoms with Crippen LogP contribution < -0.4 is 22.3 Å². The minimum absolute atomic E-state index is 0.176. The van der Waals surface area contributed by atoms with E-state index in [1.807, 2.05) is 0 Å². The van der Waals surface area contributed by atoms with Gasteiger partial charge in [0, 0.05) is 0 Å². The SMILES string of the molecule is Nc1ncnc(N(N)Cc2ccc(F)cc2)c1N. The number of halogens is 1. The molecule has 1 heterocycles. The molecule has 2 aromatic rings. The third-order valence-electron chi connectivity index (χ3n) is 2.43. The van der Waals surface area contributed by atoms with Gasteiger partial charge in [0.25, 0.3) is 0 Å². The van der Waals surface area contributed by atoms with Gasteiger partial charge >= 0.3 is 0 Å². The Hall–Kier alpha value is -2.41. The number of nitrogens with two attached hydrogens (primary N) is 3. The summed E-state index contributed by atoms with van der Waals surface area (Å²) in [5.41, 5.74) is 12.3. The Balaban J connectivity index is 2.19. The standard InChI is InChI=1S/C11H13FN6/c12-8-3-1-7(2-4-8)5-18(15)11-9(13)10(14)16-6-17-11/h1-4,6H,5,13,15H2,(H2,14,16,17). The van der Waals surface area contributed by atoms with Gasteiger partial charge in [-0.05, 0) is 17.7 Å². The number of hydrogen-bond acceptors (Lipinski definition) is 6. The van der Waals surface area contributed by atoms with Crippen LogP contribution in [0.3, 0.4) is 0 Å². The number of aromatic nitrogens is 2. The van der Waals surface area contributed by atoms with Gasteiger partial charge in [-0.1, -0.05) is 12.1 Å². The molecule has 0 bridgehead atoms. The number of anilines is 3. The van der Waals surface area contributed by atoms with Crippen molar-refractivity contribution in [1.29, 1.82) is 0 Å². The van der Waals surface area contributed by atoms with Crippen molar-refractivity contribution in [2.75, 3.05) is 16.5 Å². The minimum atomic E-state index is -0.298. The Morgan fingerprint density at radius 3 is 2.44 bits per heavy atom. The van der Waals surface area contributed by atoms with Crippen molar-refractivity contribution in [1.82, 2.24) is 9.97 Å². The lowest BCUT2D eigenvalue weighted by Crippen LogP contribution is -2.32. The fraction of sp³-hybridized carbons (Fsp3) is 0.0909. The number of hydrazine groups is 1. The van der Waals surface area contributed by atoms with E-state index in [0.29, 0.717) is 12.4 Å². The third kappa shape index (κ3) is 2.46. The Labute approximate surface area is 103 Å². The zero-order valence-corrected chi connectivity index (χ0v) is 9.55. The second-order valence-corrected chi connectivity index (χ2v) is 3.75. The molecule has 6 nitrogen and oxygen atoms in total. The molecule has 7 heteroatoms. The van der Waals surface area contributed by atoms with Gasteiger partial charge in [0.2, 0.25) is 0 Å². The Morgan fingerprint density at radius 1 is 1.11 bits per heavy atom. The van der Waals surface area contributed by atoms with Crippen molar-refractivity contribution >= 4 is 17.3 Å². The summed E-state index contributed by atoms with van der Waals surface area (Å²) in [4.78, 5) is 7.71. The molecule has 2 rings (SSSR count). The maximum absolute atomic E-state index is 12.8. The molecule has 1 aromatic heterocycles. The quantitative estimate of drug-likeness (QED) is 0.544. The molecular weight excluding hydrogens is 235 g/mol. The van der Waals surface area contributed by atoms with Crippen molar-refractivity contribution in [3.8, 4) is 0 Å². The fourth-order valence-electron chi connectivity index (χ4n) is 1.49. The van der Waals surface area contributed by atoms with Gasteiger partial charge in [0.05, 0.1) is 6.54 Å². The van der Waals surface area contributed by atoms with Crippen LogP contribution in [0.4, 0.5) is 21.7 Å². The Morgan fingerprint density at radius 2 is 1.78 bits per heavy atom. The molecule has 0 aliphatic carbocycles. The molecule has 1 aromatic carbocycles. The highest BCUT2D eigenvalue weighted by molar-refractivity contribution is 5.72. The van der Waals surface area contributed by atoms with Crippen molar-refractivity contribution in [3.05, 3.63) is 42.0 Å². The highest BCUT2D eigenvalue weighted by atomic mass is 19.1. The van der Waals surface area contributed by atoms with Gasteiger partial charge in [-0.15, -0.1) is 0 Å². The number of hydrogen-bond donors (Lipinski definition) is 3. The first-order valence-corrected chi connectivity index (χ1v) is 5.20. The molecule has 0 atom stereocenters. The molecule has 0 saturated heterocycles. The van der Waals surface area contributed by atoms with E-state index in [1.165, 1.54) is 23.5 Å². The van der Waals surface area contributed by atoms with E-state index in [4.69, 9.17) is 17.3 Å². The van der Waals surface area contributed by atoms with E-state index in [0.717, 1.165) is 5.56 Å². The van der Waals surface area contributed by atoms with E-state index in [-0.39, 0.29) is 17.3 Å². The van der Waals surface area contributed by atoms with E-state index in [2.05, 4.69) is 9.97 Å². The average Bonchev–Trinajstić information content (AvgIpc) is 2.35. The second kappa shape index (κ2) is 4.84. The van der Waals surface area contributed by atoms with Crippen molar-refractivity contribution in [2.45, 2.75) is 6.54 Å². The Bertz CT molecular complexity index is 542. The highest BCUT2D eigenvalue weighted by Gasteiger charge is 2.11. The normalized spacial score (nSPS) is 10.3. The first kappa shape index (κ1) is 12.1. The summed E-state index contributed by atoms with van der Waals surface area (Å²) < 4.78 is 12.8. The van der Waals surface area contributed by atoms with Crippen LogP contribution in [0.5, 0.6) is 0 Å². The van der Waals surface area contributed by atoms with Crippen LogP contribution in [-0.4, -0.2) is 9.97 Å². The smallest absolute Gasteiger partial charge is 0.171 e. The first-order valence-electron chi connectivity index (χ1n) is 5.20. The van der Waals surface area contributed by atoms with Gasteiger partial charge in [-0.25, -0.2) is 20.2 Å². The summed E-state index contributed by atoms with van der Waals surface area (Å²) in [6.07, 6.45) is 1.28. The predicted molar refractivity (Wildman–Crippen MR) is 67.6 cm³/mol. The van der Waals surface area contributed by atoms with Crippen LogP contribution in [0.25, 0.3) is 0 Å². The van der Waals surface area contributed by atoms with Crippen LogP contribution in [0.1, 0.15) is 5.56 Å². The number of benzene rings is 1. The molecule has 0 aliphatic rings. The van der Waals surface area contributed by atoms with Gasteiger partial charge in [-0.3, -0.25) is 5.01 Å². The summed E-state index contributed by atoms with van der Waals surface area (Å²) in [6.45, 7) is 0.334. The molecule has 0 unspecified atom stereocenters. The van der Waals surface area contributed by atoms with E-state index < -0.39 is 0 Å². The van der Waals surface area contributed by atoms with Gasteiger partial charge in [0.15, 0.2) is 11.6 Å². The van der Waals surface area contributed by atoms with Crippen molar-refractivity contribution < 1.29 is 4.39 Å². The molecule has 0 amide bonds. The molecule has 94 valence electrons. The van der Waals surface area contributed by atoms with Gasteiger partial charge in [-0.2, -0.15) is 0 Å². The molecule has 0 spiro atoms. The summed E-state index contributed by atoms with van der Waals surface area (Å²) in [7, 11) is 0. The summed E-state index contributed by atoms with van der Waals surface area (Å²) >= 11 is 0. The largest absolute Gasteiger partial charge is 0.393 e. The molecule has 0 radical (unpaired) electrons. The molecule has 0 saturated carbocycles. The third-order valence-corrected chi connectivity index (χ3v) is 2.43.